The third-order valence-corrected chi connectivity index (χ3v) is 3.18. The number of alkyl halides is 3. The summed E-state index contributed by atoms with van der Waals surface area (Å²) < 4.78 is 40.8. The van der Waals surface area contributed by atoms with Crippen molar-refractivity contribution in [3.05, 3.63) is 30.1 Å². The zero-order valence-corrected chi connectivity index (χ0v) is 10.6. The molecule has 0 unspecified atom stereocenters. The van der Waals surface area contributed by atoms with Crippen molar-refractivity contribution in [3.8, 4) is 0 Å². The molecule has 6 heteroatoms. The van der Waals surface area contributed by atoms with Gasteiger partial charge < -0.3 is 4.74 Å². The zero-order valence-electron chi connectivity index (χ0n) is 10.6. The Morgan fingerprint density at radius 1 is 1.42 bits per heavy atom. The quantitative estimate of drug-likeness (QED) is 0.825. The molecule has 0 spiro atoms. The second kappa shape index (κ2) is 6.34. The molecule has 1 aliphatic rings. The molecule has 19 heavy (non-hydrogen) atoms. The summed E-state index contributed by atoms with van der Waals surface area (Å²) in [6, 6.07) is 3.90. The van der Waals surface area contributed by atoms with Crippen molar-refractivity contribution >= 4 is 0 Å². The van der Waals surface area contributed by atoms with Crippen LogP contribution in [-0.2, 0) is 11.3 Å². The Hall–Kier alpha value is -1.14. The molecule has 1 aromatic rings. The average molecular weight is 274 g/mol. The van der Waals surface area contributed by atoms with E-state index in [0.717, 1.165) is 24.9 Å². The molecule has 1 atom stereocenters. The summed E-state index contributed by atoms with van der Waals surface area (Å²) in [5.74, 6) is 0. The Kier molecular flexibility index (Phi) is 4.76. The molecule has 0 radical (unpaired) electrons. The number of halogens is 3. The van der Waals surface area contributed by atoms with Crippen LogP contribution in [0.1, 0.15) is 18.4 Å². The van der Waals surface area contributed by atoms with E-state index in [4.69, 9.17) is 4.74 Å². The second-order valence-corrected chi connectivity index (χ2v) is 4.76. The van der Waals surface area contributed by atoms with Crippen LogP contribution >= 0.6 is 0 Å². The summed E-state index contributed by atoms with van der Waals surface area (Å²) in [4.78, 5) is 6.20. The largest absolute Gasteiger partial charge is 0.411 e. The van der Waals surface area contributed by atoms with Crippen LogP contribution in [0.5, 0.6) is 0 Å². The van der Waals surface area contributed by atoms with Crippen molar-refractivity contribution in [2.24, 2.45) is 0 Å². The molecule has 2 rings (SSSR count). The minimum absolute atomic E-state index is 0.0718. The highest BCUT2D eigenvalue weighted by Crippen LogP contribution is 2.21. The van der Waals surface area contributed by atoms with Crippen molar-refractivity contribution < 1.29 is 17.9 Å². The van der Waals surface area contributed by atoms with Gasteiger partial charge in [-0.25, -0.2) is 0 Å². The number of hydrogen-bond acceptors (Lipinski definition) is 3. The van der Waals surface area contributed by atoms with Gasteiger partial charge in [-0.3, -0.25) is 9.88 Å². The Morgan fingerprint density at radius 3 is 2.95 bits per heavy atom. The van der Waals surface area contributed by atoms with E-state index in [2.05, 4.69) is 9.88 Å². The average Bonchev–Trinajstić information content (AvgIpc) is 2.76. The highest BCUT2D eigenvalue weighted by Gasteiger charge is 2.30. The van der Waals surface area contributed by atoms with Gasteiger partial charge in [-0.05, 0) is 31.0 Å². The molecular weight excluding hydrogens is 257 g/mol. The third kappa shape index (κ3) is 4.80. The smallest absolute Gasteiger partial charge is 0.370 e. The normalized spacial score (nSPS) is 20.9. The molecule has 0 aliphatic carbocycles. The van der Waals surface area contributed by atoms with Gasteiger partial charge in [0, 0.05) is 25.0 Å². The van der Waals surface area contributed by atoms with Crippen LogP contribution < -0.4 is 0 Å². The highest BCUT2D eigenvalue weighted by atomic mass is 19.4. The van der Waals surface area contributed by atoms with Crippen LogP contribution in [0.25, 0.3) is 0 Å². The summed E-state index contributed by atoms with van der Waals surface area (Å²) >= 11 is 0. The van der Waals surface area contributed by atoms with E-state index in [1.807, 2.05) is 12.1 Å². The van der Waals surface area contributed by atoms with Crippen LogP contribution in [0.15, 0.2) is 24.5 Å². The SMILES string of the molecule is FC(F)(F)COC[C@@H]1CCCN1Cc1cccnc1. The highest BCUT2D eigenvalue weighted by molar-refractivity contribution is 5.08. The van der Waals surface area contributed by atoms with E-state index in [1.165, 1.54) is 0 Å². The van der Waals surface area contributed by atoms with Gasteiger partial charge in [0.1, 0.15) is 6.61 Å². The molecule has 0 amide bonds. The van der Waals surface area contributed by atoms with E-state index in [-0.39, 0.29) is 12.6 Å². The summed E-state index contributed by atoms with van der Waals surface area (Å²) in [6.45, 7) is 0.590. The lowest BCUT2D eigenvalue weighted by atomic mass is 10.2. The molecule has 106 valence electrons. The number of likely N-dealkylation sites (tertiary alicyclic amines) is 1. The molecule has 1 aliphatic heterocycles. The van der Waals surface area contributed by atoms with Gasteiger partial charge in [0.05, 0.1) is 6.61 Å². The van der Waals surface area contributed by atoms with Gasteiger partial charge in [-0.15, -0.1) is 0 Å². The van der Waals surface area contributed by atoms with E-state index in [1.54, 1.807) is 12.4 Å². The summed E-state index contributed by atoms with van der Waals surface area (Å²) in [5, 5.41) is 0. The van der Waals surface area contributed by atoms with Crippen molar-refractivity contribution in [1.82, 2.24) is 9.88 Å². The molecule has 0 saturated carbocycles. The first-order chi connectivity index (χ1) is 9.04. The van der Waals surface area contributed by atoms with E-state index >= 15 is 0 Å². The van der Waals surface area contributed by atoms with Gasteiger partial charge in [0.2, 0.25) is 0 Å². The Labute approximate surface area is 110 Å². The van der Waals surface area contributed by atoms with Gasteiger partial charge >= 0.3 is 6.18 Å². The fourth-order valence-corrected chi connectivity index (χ4v) is 2.33. The summed E-state index contributed by atoms with van der Waals surface area (Å²) in [7, 11) is 0. The monoisotopic (exact) mass is 274 g/mol. The second-order valence-electron chi connectivity index (χ2n) is 4.76. The van der Waals surface area contributed by atoms with Crippen LogP contribution in [0, 0.1) is 0 Å². The van der Waals surface area contributed by atoms with Crippen molar-refractivity contribution in [2.45, 2.75) is 31.6 Å². The number of rotatable bonds is 5. The first-order valence-corrected chi connectivity index (χ1v) is 6.32. The lowest BCUT2D eigenvalue weighted by Gasteiger charge is -2.24. The van der Waals surface area contributed by atoms with Gasteiger partial charge in [0.25, 0.3) is 0 Å². The maximum absolute atomic E-state index is 12.0. The summed E-state index contributed by atoms with van der Waals surface area (Å²) in [5.41, 5.74) is 1.07. The van der Waals surface area contributed by atoms with E-state index in [9.17, 15) is 13.2 Å². The first-order valence-electron chi connectivity index (χ1n) is 6.32. The standard InChI is InChI=1S/C13H17F3N2O/c14-13(15,16)10-19-9-12-4-2-6-18(12)8-11-3-1-5-17-7-11/h1,3,5,7,12H,2,4,6,8-10H2/t12-/m0/s1. The lowest BCUT2D eigenvalue weighted by Crippen LogP contribution is -2.34. The first kappa shape index (κ1) is 14.3. The van der Waals surface area contributed by atoms with Crippen LogP contribution in [0.2, 0.25) is 0 Å². The number of aromatic nitrogens is 1. The maximum Gasteiger partial charge on any atom is 0.411 e. The molecule has 0 aromatic carbocycles. The van der Waals surface area contributed by atoms with Crippen LogP contribution in [0.4, 0.5) is 13.2 Å². The predicted molar refractivity (Wildman–Crippen MR) is 64.5 cm³/mol. The van der Waals surface area contributed by atoms with Gasteiger partial charge in [-0.2, -0.15) is 13.2 Å². The van der Waals surface area contributed by atoms with E-state index in [0.29, 0.717) is 6.54 Å². The fraction of sp³-hybridized carbons (Fsp3) is 0.615. The number of hydrogen-bond donors (Lipinski definition) is 0. The van der Waals surface area contributed by atoms with Crippen molar-refractivity contribution in [2.75, 3.05) is 19.8 Å². The molecule has 1 fully saturated rings. The molecule has 0 N–H and O–H groups in total. The van der Waals surface area contributed by atoms with Crippen LogP contribution in [-0.4, -0.2) is 41.9 Å². The number of ether oxygens (including phenoxy) is 1. The molecule has 2 heterocycles. The number of nitrogens with zero attached hydrogens (tertiary/aromatic N) is 2. The van der Waals surface area contributed by atoms with Crippen molar-refractivity contribution in [1.29, 1.82) is 0 Å². The minimum Gasteiger partial charge on any atom is -0.370 e. The van der Waals surface area contributed by atoms with E-state index < -0.39 is 12.8 Å². The molecule has 3 nitrogen and oxygen atoms in total. The zero-order chi connectivity index (χ0) is 13.7. The predicted octanol–water partition coefficient (Wildman–Crippen LogP) is 2.62. The molecule has 1 saturated heterocycles. The topological polar surface area (TPSA) is 25.4 Å². The fourth-order valence-electron chi connectivity index (χ4n) is 2.33. The molecule has 0 bridgehead atoms. The Bertz CT molecular complexity index is 383. The maximum atomic E-state index is 12.0. The van der Waals surface area contributed by atoms with Gasteiger partial charge in [0.15, 0.2) is 0 Å². The Balaban J connectivity index is 1.80. The van der Waals surface area contributed by atoms with Crippen LogP contribution in [0.3, 0.4) is 0 Å². The molecular formula is C13H17F3N2O. The summed E-state index contributed by atoms with van der Waals surface area (Å²) in [6.07, 6.45) is 1.13. The molecule has 1 aromatic heterocycles. The van der Waals surface area contributed by atoms with Gasteiger partial charge in [-0.1, -0.05) is 6.07 Å². The number of pyridine rings is 1. The lowest BCUT2D eigenvalue weighted by molar-refractivity contribution is -0.176. The minimum atomic E-state index is -4.24. The van der Waals surface area contributed by atoms with Crippen molar-refractivity contribution in [3.63, 3.8) is 0 Å². The third-order valence-electron chi connectivity index (χ3n) is 3.18. The Morgan fingerprint density at radius 2 is 2.26 bits per heavy atom.